The smallest absolute Gasteiger partial charge is 0.317 e. The van der Waals surface area contributed by atoms with E-state index in [4.69, 9.17) is 9.47 Å². The lowest BCUT2D eigenvalue weighted by Gasteiger charge is -2.24. The zero-order valence-corrected chi connectivity index (χ0v) is 15.0. The van der Waals surface area contributed by atoms with Gasteiger partial charge >= 0.3 is 5.97 Å². The molecule has 0 spiro atoms. The molecule has 1 fully saturated rings. The number of rotatable bonds is 6. The van der Waals surface area contributed by atoms with Crippen LogP contribution < -0.4 is 0 Å². The average Bonchev–Trinajstić information content (AvgIpc) is 3.02. The minimum atomic E-state index is -0.904. The highest BCUT2D eigenvalue weighted by Gasteiger charge is 2.78. The number of allylic oxidation sites excluding steroid dienone is 2. The van der Waals surface area contributed by atoms with Gasteiger partial charge in [0.2, 0.25) is 0 Å². The first-order valence-electron chi connectivity index (χ1n) is 8.09. The molecular formula is C20H25NO3. The number of benzene rings is 1. The summed E-state index contributed by atoms with van der Waals surface area (Å²) in [4.78, 5) is 13.0. The topological polar surface area (TPSA) is 59.3 Å². The van der Waals surface area contributed by atoms with Crippen molar-refractivity contribution in [3.8, 4) is 6.07 Å². The molecule has 3 atom stereocenters. The van der Waals surface area contributed by atoms with E-state index in [1.165, 1.54) is 7.11 Å². The van der Waals surface area contributed by atoms with Gasteiger partial charge in [-0.25, -0.2) is 0 Å². The summed E-state index contributed by atoms with van der Waals surface area (Å²) in [5, 5.41) is 9.90. The van der Waals surface area contributed by atoms with Crippen LogP contribution in [0.5, 0.6) is 0 Å². The number of hydrogen-bond acceptors (Lipinski definition) is 4. The molecule has 0 aromatic heterocycles. The molecule has 0 N–H and O–H groups in total. The standard InChI is InChI=1S/C20H25NO3/c1-14(2)11-17-19(3,4)20(17,18(22)24-13-23-5)16(12-21)15-9-7-6-8-10-15/h6-11,16-17H,13H2,1-5H3. The highest BCUT2D eigenvalue weighted by Crippen LogP contribution is 2.75. The molecule has 0 amide bonds. The molecular weight excluding hydrogens is 302 g/mol. The van der Waals surface area contributed by atoms with E-state index in [1.54, 1.807) is 0 Å². The number of esters is 1. The number of ether oxygens (including phenoxy) is 2. The van der Waals surface area contributed by atoms with Gasteiger partial charge in [0.05, 0.1) is 12.0 Å². The summed E-state index contributed by atoms with van der Waals surface area (Å²) in [6.07, 6.45) is 2.08. The van der Waals surface area contributed by atoms with Crippen LogP contribution in [0.25, 0.3) is 0 Å². The maximum atomic E-state index is 13.0. The number of hydrogen-bond donors (Lipinski definition) is 0. The summed E-state index contributed by atoms with van der Waals surface area (Å²) < 4.78 is 10.2. The molecule has 2 rings (SSSR count). The van der Waals surface area contributed by atoms with Gasteiger partial charge in [-0.15, -0.1) is 0 Å². The van der Waals surface area contributed by atoms with E-state index in [2.05, 4.69) is 12.1 Å². The van der Waals surface area contributed by atoms with Gasteiger partial charge in [-0.2, -0.15) is 5.26 Å². The van der Waals surface area contributed by atoms with Gasteiger partial charge < -0.3 is 9.47 Å². The number of carbonyl (C=O) groups is 1. The van der Waals surface area contributed by atoms with Crippen molar-refractivity contribution in [2.24, 2.45) is 16.7 Å². The van der Waals surface area contributed by atoms with Crippen LogP contribution >= 0.6 is 0 Å². The molecule has 128 valence electrons. The fourth-order valence-corrected chi connectivity index (χ4v) is 3.89. The van der Waals surface area contributed by atoms with Gasteiger partial charge in [0.1, 0.15) is 5.41 Å². The van der Waals surface area contributed by atoms with Crippen molar-refractivity contribution in [1.29, 1.82) is 5.26 Å². The maximum Gasteiger partial charge on any atom is 0.317 e. The predicted octanol–water partition coefficient (Wildman–Crippen LogP) is 4.05. The first-order valence-corrected chi connectivity index (χ1v) is 8.09. The molecule has 1 saturated carbocycles. The van der Waals surface area contributed by atoms with Crippen molar-refractivity contribution < 1.29 is 14.3 Å². The van der Waals surface area contributed by atoms with E-state index in [9.17, 15) is 10.1 Å². The van der Waals surface area contributed by atoms with Crippen molar-refractivity contribution in [2.45, 2.75) is 33.6 Å². The van der Waals surface area contributed by atoms with E-state index in [1.807, 2.05) is 58.0 Å². The summed E-state index contributed by atoms with van der Waals surface area (Å²) in [5.41, 5.74) is 0.691. The monoisotopic (exact) mass is 327 g/mol. The van der Waals surface area contributed by atoms with Crippen LogP contribution in [0.3, 0.4) is 0 Å². The van der Waals surface area contributed by atoms with Crippen LogP contribution in [0, 0.1) is 28.1 Å². The van der Waals surface area contributed by atoms with Crippen molar-refractivity contribution >= 4 is 5.97 Å². The van der Waals surface area contributed by atoms with Crippen molar-refractivity contribution in [3.63, 3.8) is 0 Å². The van der Waals surface area contributed by atoms with E-state index < -0.39 is 11.3 Å². The van der Waals surface area contributed by atoms with Crippen LogP contribution in [-0.4, -0.2) is 19.9 Å². The van der Waals surface area contributed by atoms with Gasteiger partial charge in [-0.05, 0) is 24.8 Å². The molecule has 0 saturated heterocycles. The van der Waals surface area contributed by atoms with Crippen molar-refractivity contribution in [1.82, 2.24) is 0 Å². The zero-order chi connectivity index (χ0) is 18.0. The van der Waals surface area contributed by atoms with E-state index in [0.29, 0.717) is 0 Å². The van der Waals surface area contributed by atoms with Crippen molar-refractivity contribution in [3.05, 3.63) is 47.5 Å². The van der Waals surface area contributed by atoms with E-state index >= 15 is 0 Å². The van der Waals surface area contributed by atoms with Gasteiger partial charge in [-0.1, -0.05) is 55.8 Å². The Balaban J connectivity index is 2.55. The normalized spacial score (nSPS) is 25.2. The molecule has 4 heteroatoms. The third kappa shape index (κ3) is 2.74. The molecule has 24 heavy (non-hydrogen) atoms. The van der Waals surface area contributed by atoms with Crippen LogP contribution in [-0.2, 0) is 14.3 Å². The van der Waals surface area contributed by atoms with Gasteiger partial charge in [-0.3, -0.25) is 4.79 Å². The first kappa shape index (κ1) is 18.2. The van der Waals surface area contributed by atoms with Gasteiger partial charge in [0.15, 0.2) is 6.79 Å². The highest BCUT2D eigenvalue weighted by atomic mass is 16.7. The lowest BCUT2D eigenvalue weighted by molar-refractivity contribution is -0.163. The average molecular weight is 327 g/mol. The fourth-order valence-electron chi connectivity index (χ4n) is 3.89. The largest absolute Gasteiger partial charge is 0.438 e. The third-order valence-electron chi connectivity index (χ3n) is 5.11. The Morgan fingerprint density at radius 2 is 1.96 bits per heavy atom. The summed E-state index contributed by atoms with van der Waals surface area (Å²) in [7, 11) is 1.48. The second-order valence-electron chi connectivity index (χ2n) is 7.12. The SMILES string of the molecule is COCOC(=O)C1(C(C#N)c2ccccc2)C(C=C(C)C)C1(C)C. The predicted molar refractivity (Wildman–Crippen MR) is 91.9 cm³/mol. The second kappa shape index (κ2) is 6.78. The Morgan fingerprint density at radius 1 is 1.33 bits per heavy atom. The minimum Gasteiger partial charge on any atom is -0.438 e. The van der Waals surface area contributed by atoms with Crippen LogP contribution in [0.15, 0.2) is 42.0 Å². The second-order valence-corrected chi connectivity index (χ2v) is 7.12. The Hall–Kier alpha value is -2.12. The molecule has 0 bridgehead atoms. The molecule has 3 unspecified atom stereocenters. The van der Waals surface area contributed by atoms with E-state index in [0.717, 1.165) is 11.1 Å². The zero-order valence-electron chi connectivity index (χ0n) is 15.0. The minimum absolute atomic E-state index is 0.0517. The number of nitriles is 1. The number of methoxy groups -OCH3 is 1. The number of carbonyl (C=O) groups excluding carboxylic acids is 1. The summed E-state index contributed by atoms with van der Waals surface area (Å²) >= 11 is 0. The quantitative estimate of drug-likeness (QED) is 0.449. The molecule has 0 heterocycles. The molecule has 4 nitrogen and oxygen atoms in total. The van der Waals surface area contributed by atoms with Crippen molar-refractivity contribution in [2.75, 3.05) is 13.9 Å². The third-order valence-corrected chi connectivity index (χ3v) is 5.11. The Bertz CT molecular complexity index is 668. The van der Waals surface area contributed by atoms with Crippen LogP contribution in [0.4, 0.5) is 0 Å². The highest BCUT2D eigenvalue weighted by molar-refractivity contribution is 5.85. The Kier molecular flexibility index (Phi) is 5.15. The van der Waals surface area contributed by atoms with Gasteiger partial charge in [0.25, 0.3) is 0 Å². The molecule has 0 radical (unpaired) electrons. The summed E-state index contributed by atoms with van der Waals surface area (Å²) in [5.74, 6) is -0.991. The molecule has 1 aromatic carbocycles. The van der Waals surface area contributed by atoms with E-state index in [-0.39, 0.29) is 24.1 Å². The summed E-state index contributed by atoms with van der Waals surface area (Å²) in [6.45, 7) is 7.95. The molecule has 1 aromatic rings. The summed E-state index contributed by atoms with van der Waals surface area (Å²) in [6, 6.07) is 11.8. The first-order chi connectivity index (χ1) is 11.3. The lowest BCUT2D eigenvalue weighted by Crippen LogP contribution is -2.31. The van der Waals surface area contributed by atoms with Gasteiger partial charge in [0, 0.05) is 13.0 Å². The van der Waals surface area contributed by atoms with Crippen LogP contribution in [0.2, 0.25) is 0 Å². The Labute approximate surface area is 144 Å². The molecule has 1 aliphatic rings. The molecule has 0 aliphatic heterocycles. The number of nitrogens with zero attached hydrogens (tertiary/aromatic N) is 1. The van der Waals surface area contributed by atoms with Crippen LogP contribution in [0.1, 0.15) is 39.2 Å². The fraction of sp³-hybridized carbons (Fsp3) is 0.500. The lowest BCUT2D eigenvalue weighted by atomic mass is 9.78. The Morgan fingerprint density at radius 3 is 2.46 bits per heavy atom. The molecule has 1 aliphatic carbocycles. The maximum absolute atomic E-state index is 13.0.